The van der Waals surface area contributed by atoms with Crippen molar-refractivity contribution in [1.82, 2.24) is 0 Å². The zero-order chi connectivity index (χ0) is 20.4. The summed E-state index contributed by atoms with van der Waals surface area (Å²) >= 11 is 0. The van der Waals surface area contributed by atoms with Crippen molar-refractivity contribution in [2.75, 3.05) is 0 Å². The van der Waals surface area contributed by atoms with Crippen LogP contribution in [0.4, 0.5) is 0 Å². The average molecular weight is 394 g/mol. The van der Waals surface area contributed by atoms with Crippen LogP contribution in [0.3, 0.4) is 0 Å². The summed E-state index contributed by atoms with van der Waals surface area (Å²) in [6, 6.07) is 0. The van der Waals surface area contributed by atoms with E-state index in [0.717, 1.165) is 0 Å². The Morgan fingerprint density at radius 2 is 0.500 bits per heavy atom. The van der Waals surface area contributed by atoms with Crippen LogP contribution in [0.2, 0.25) is 0 Å². The minimum Gasteiger partial charge on any atom is -0.0654 e. The van der Waals surface area contributed by atoms with Crippen LogP contribution >= 0.6 is 0 Å². The first-order valence-electron chi connectivity index (χ1n) is 13.7. The highest BCUT2D eigenvalue weighted by atomic mass is 14.0. The molecule has 0 spiro atoms. The van der Waals surface area contributed by atoms with Gasteiger partial charge in [0.2, 0.25) is 0 Å². The summed E-state index contributed by atoms with van der Waals surface area (Å²) in [7, 11) is 0. The van der Waals surface area contributed by atoms with Gasteiger partial charge in [0.15, 0.2) is 0 Å². The molecule has 0 saturated heterocycles. The Bertz CT molecular complexity index is 218. The molecule has 0 fully saturated rings. The van der Waals surface area contributed by atoms with Crippen LogP contribution in [0, 0.1) is 6.42 Å². The Hall–Kier alpha value is 0. The van der Waals surface area contributed by atoms with Crippen LogP contribution in [-0.2, 0) is 0 Å². The fourth-order valence-corrected chi connectivity index (χ4v) is 4.23. The van der Waals surface area contributed by atoms with Gasteiger partial charge >= 0.3 is 0 Å². The highest BCUT2D eigenvalue weighted by Gasteiger charge is 1.96. The highest BCUT2D eigenvalue weighted by Crippen LogP contribution is 2.15. The smallest absolute Gasteiger partial charge is 0.0386 e. The van der Waals surface area contributed by atoms with Gasteiger partial charge in [0, 0.05) is 0 Å². The molecule has 0 aromatic rings. The molecule has 169 valence electrons. The number of unbranched alkanes of at least 4 members (excludes halogenated alkanes) is 25. The molecule has 0 atom stereocenters. The molecular formula is C28H57. The lowest BCUT2D eigenvalue weighted by atomic mass is 10.0. The van der Waals surface area contributed by atoms with Gasteiger partial charge in [-0.2, -0.15) is 0 Å². The molecule has 0 aliphatic rings. The Morgan fingerprint density at radius 3 is 0.750 bits per heavy atom. The first kappa shape index (κ1) is 28.0. The minimum atomic E-state index is 1.37. The van der Waals surface area contributed by atoms with Gasteiger partial charge in [-0.1, -0.05) is 174 Å². The van der Waals surface area contributed by atoms with E-state index in [1.54, 1.807) is 0 Å². The van der Waals surface area contributed by atoms with Crippen molar-refractivity contribution in [3.8, 4) is 0 Å². The third-order valence-electron chi connectivity index (χ3n) is 6.27. The largest absolute Gasteiger partial charge is 0.0654 e. The molecule has 28 heavy (non-hydrogen) atoms. The second-order valence-electron chi connectivity index (χ2n) is 9.29. The van der Waals surface area contributed by atoms with E-state index >= 15 is 0 Å². The number of hydrogen-bond acceptors (Lipinski definition) is 0. The van der Waals surface area contributed by atoms with E-state index in [1.807, 2.05) is 0 Å². The molecule has 0 N–H and O–H groups in total. The van der Waals surface area contributed by atoms with Crippen molar-refractivity contribution in [3.63, 3.8) is 0 Å². The standard InChI is InChI=1S/C28H57/c1-3-5-7-9-11-13-15-17-19-21-23-25-27-28-26-24-22-20-18-16-14-12-10-8-6-4-2/h27H,3-26,28H2,1-2H3. The van der Waals surface area contributed by atoms with Crippen molar-refractivity contribution in [2.45, 2.75) is 174 Å². The SMILES string of the molecule is CCCCCCCCCCCCC[CH]CCCCCCCCCCCCCC. The van der Waals surface area contributed by atoms with Crippen molar-refractivity contribution >= 4 is 0 Å². The Labute approximate surface area is 181 Å². The lowest BCUT2D eigenvalue weighted by molar-refractivity contribution is 0.538. The molecule has 0 aliphatic carbocycles. The summed E-state index contributed by atoms with van der Waals surface area (Å²) in [6.07, 6.45) is 38.9. The maximum Gasteiger partial charge on any atom is -0.0386 e. The van der Waals surface area contributed by atoms with Gasteiger partial charge in [0.05, 0.1) is 0 Å². The third kappa shape index (κ3) is 26.0. The molecule has 0 saturated carbocycles. The van der Waals surface area contributed by atoms with Crippen LogP contribution < -0.4 is 0 Å². The van der Waals surface area contributed by atoms with E-state index in [0.29, 0.717) is 0 Å². The second-order valence-corrected chi connectivity index (χ2v) is 9.29. The van der Waals surface area contributed by atoms with Gasteiger partial charge in [0.1, 0.15) is 0 Å². The average Bonchev–Trinajstić information content (AvgIpc) is 2.71. The van der Waals surface area contributed by atoms with E-state index < -0.39 is 0 Å². The molecule has 0 heteroatoms. The molecule has 0 aromatic carbocycles. The number of rotatable bonds is 25. The lowest BCUT2D eigenvalue weighted by Gasteiger charge is -2.04. The van der Waals surface area contributed by atoms with Crippen LogP contribution in [-0.4, -0.2) is 0 Å². The molecule has 0 aromatic heterocycles. The second kappa shape index (κ2) is 27.0. The Kier molecular flexibility index (Phi) is 27.0. The van der Waals surface area contributed by atoms with Crippen LogP contribution in [0.15, 0.2) is 0 Å². The summed E-state index contributed by atoms with van der Waals surface area (Å²) in [5.74, 6) is 0. The summed E-state index contributed by atoms with van der Waals surface area (Å²) in [4.78, 5) is 0. The van der Waals surface area contributed by atoms with Gasteiger partial charge < -0.3 is 0 Å². The van der Waals surface area contributed by atoms with Gasteiger partial charge in [-0.05, 0) is 6.42 Å². The van der Waals surface area contributed by atoms with Gasteiger partial charge in [-0.3, -0.25) is 0 Å². The van der Waals surface area contributed by atoms with E-state index in [9.17, 15) is 0 Å². The summed E-state index contributed by atoms with van der Waals surface area (Å²) in [5, 5.41) is 0. The molecule has 0 heterocycles. The monoisotopic (exact) mass is 393 g/mol. The molecule has 0 unspecified atom stereocenters. The van der Waals surface area contributed by atoms with Crippen molar-refractivity contribution < 1.29 is 0 Å². The van der Waals surface area contributed by atoms with E-state index in [-0.39, 0.29) is 0 Å². The summed E-state index contributed by atoms with van der Waals surface area (Å²) in [6.45, 7) is 4.60. The van der Waals surface area contributed by atoms with E-state index in [4.69, 9.17) is 0 Å². The van der Waals surface area contributed by atoms with Crippen molar-refractivity contribution in [3.05, 3.63) is 6.42 Å². The predicted octanol–water partition coefficient (Wildman–Crippen LogP) is 11.0. The maximum atomic E-state index is 2.57. The minimum absolute atomic E-state index is 1.37. The van der Waals surface area contributed by atoms with Gasteiger partial charge in [-0.25, -0.2) is 0 Å². The van der Waals surface area contributed by atoms with Crippen LogP contribution in [0.1, 0.15) is 174 Å². The van der Waals surface area contributed by atoms with Gasteiger partial charge in [0.25, 0.3) is 0 Å². The van der Waals surface area contributed by atoms with Crippen LogP contribution in [0.25, 0.3) is 0 Å². The normalized spacial score (nSPS) is 11.4. The fourth-order valence-electron chi connectivity index (χ4n) is 4.23. The zero-order valence-electron chi connectivity index (χ0n) is 20.3. The molecule has 0 amide bonds. The first-order chi connectivity index (χ1) is 13.9. The molecule has 1 radical (unpaired) electrons. The van der Waals surface area contributed by atoms with Gasteiger partial charge in [-0.15, -0.1) is 0 Å². The summed E-state index contributed by atoms with van der Waals surface area (Å²) < 4.78 is 0. The van der Waals surface area contributed by atoms with E-state index in [2.05, 4.69) is 20.3 Å². The molecular weight excluding hydrogens is 336 g/mol. The first-order valence-corrected chi connectivity index (χ1v) is 13.7. The Morgan fingerprint density at radius 1 is 0.286 bits per heavy atom. The van der Waals surface area contributed by atoms with Crippen molar-refractivity contribution in [1.29, 1.82) is 0 Å². The molecule has 0 bridgehead atoms. The summed E-state index contributed by atoms with van der Waals surface area (Å²) in [5.41, 5.74) is 0. The quantitative estimate of drug-likeness (QED) is 0.135. The van der Waals surface area contributed by atoms with Crippen LogP contribution in [0.5, 0.6) is 0 Å². The fraction of sp³-hybridized carbons (Fsp3) is 0.964. The van der Waals surface area contributed by atoms with E-state index in [1.165, 1.54) is 161 Å². The third-order valence-corrected chi connectivity index (χ3v) is 6.27. The van der Waals surface area contributed by atoms with Crippen molar-refractivity contribution in [2.24, 2.45) is 0 Å². The lowest BCUT2D eigenvalue weighted by Crippen LogP contribution is -1.85. The molecule has 0 rings (SSSR count). The molecule has 0 nitrogen and oxygen atoms in total. The zero-order valence-corrected chi connectivity index (χ0v) is 20.3. The predicted molar refractivity (Wildman–Crippen MR) is 131 cm³/mol. The maximum absolute atomic E-state index is 2.57. The number of hydrogen-bond donors (Lipinski definition) is 0. The topological polar surface area (TPSA) is 0 Å². The highest BCUT2D eigenvalue weighted by molar-refractivity contribution is 4.64. The Balaban J connectivity index is 2.96. The molecule has 0 aliphatic heterocycles.